The molecule has 0 unspecified atom stereocenters. The van der Waals surface area contributed by atoms with Crippen molar-refractivity contribution in [3.63, 3.8) is 0 Å². The predicted octanol–water partition coefficient (Wildman–Crippen LogP) is 3.97. The Kier molecular flexibility index (Phi) is 3.68. The molecule has 0 radical (unpaired) electrons. The molecule has 1 aromatic heterocycles. The fourth-order valence-corrected chi connectivity index (χ4v) is 3.36. The van der Waals surface area contributed by atoms with Gasteiger partial charge in [0.2, 0.25) is 5.78 Å². The van der Waals surface area contributed by atoms with Crippen molar-refractivity contribution in [1.82, 2.24) is 0 Å². The molecular formula is C15H13ClO3S. The third kappa shape index (κ3) is 2.30. The molecule has 0 aliphatic carbocycles. The van der Waals surface area contributed by atoms with Crippen LogP contribution in [0.4, 0.5) is 0 Å². The van der Waals surface area contributed by atoms with Crippen molar-refractivity contribution in [2.45, 2.75) is 13.3 Å². The highest BCUT2D eigenvalue weighted by Gasteiger charge is 2.22. The molecule has 1 aliphatic rings. The predicted molar refractivity (Wildman–Crippen MR) is 79.6 cm³/mol. The maximum absolute atomic E-state index is 12.6. The third-order valence-electron chi connectivity index (χ3n) is 3.21. The fourth-order valence-electron chi connectivity index (χ4n) is 2.17. The van der Waals surface area contributed by atoms with Gasteiger partial charge in [0.1, 0.15) is 13.2 Å². The van der Waals surface area contributed by atoms with Crippen LogP contribution in [-0.4, -0.2) is 19.0 Å². The van der Waals surface area contributed by atoms with E-state index < -0.39 is 0 Å². The zero-order valence-corrected chi connectivity index (χ0v) is 12.5. The van der Waals surface area contributed by atoms with Gasteiger partial charge < -0.3 is 9.47 Å². The summed E-state index contributed by atoms with van der Waals surface area (Å²) in [6, 6.07) is 5.31. The molecule has 0 saturated heterocycles. The number of hydrogen-bond donors (Lipinski definition) is 0. The zero-order valence-electron chi connectivity index (χ0n) is 10.9. The number of thiophene rings is 1. The standard InChI is InChI=1S/C15H13ClO3S/c1-2-9-3-6-20-15(9)14(17)10-7-12-13(8-11(10)16)19-5-4-18-12/h3,6-8H,2,4-5H2,1H3. The van der Waals surface area contributed by atoms with Crippen LogP contribution >= 0.6 is 22.9 Å². The van der Waals surface area contributed by atoms with E-state index in [1.807, 2.05) is 18.4 Å². The van der Waals surface area contributed by atoms with E-state index >= 15 is 0 Å². The summed E-state index contributed by atoms with van der Waals surface area (Å²) in [5.74, 6) is 1.12. The van der Waals surface area contributed by atoms with Crippen molar-refractivity contribution in [1.29, 1.82) is 0 Å². The highest BCUT2D eigenvalue weighted by molar-refractivity contribution is 7.12. The first kappa shape index (κ1) is 13.5. The van der Waals surface area contributed by atoms with Crippen LogP contribution in [0.15, 0.2) is 23.6 Å². The normalized spacial score (nSPS) is 13.3. The zero-order chi connectivity index (χ0) is 14.1. The molecule has 1 aliphatic heterocycles. The average molecular weight is 309 g/mol. The summed E-state index contributed by atoms with van der Waals surface area (Å²) in [6.45, 7) is 3.02. The first-order valence-electron chi connectivity index (χ1n) is 6.41. The van der Waals surface area contributed by atoms with Gasteiger partial charge in [-0.25, -0.2) is 0 Å². The smallest absolute Gasteiger partial charge is 0.204 e. The van der Waals surface area contributed by atoms with E-state index in [2.05, 4.69) is 0 Å². The van der Waals surface area contributed by atoms with Crippen LogP contribution in [0.25, 0.3) is 0 Å². The van der Waals surface area contributed by atoms with Crippen LogP contribution < -0.4 is 9.47 Å². The second-order valence-electron chi connectivity index (χ2n) is 4.43. The Morgan fingerprint density at radius 2 is 2.00 bits per heavy atom. The summed E-state index contributed by atoms with van der Waals surface area (Å²) in [4.78, 5) is 13.4. The lowest BCUT2D eigenvalue weighted by Crippen LogP contribution is -2.16. The molecule has 3 nitrogen and oxygen atoms in total. The van der Waals surface area contributed by atoms with Gasteiger partial charge in [0.05, 0.1) is 9.90 Å². The molecule has 20 heavy (non-hydrogen) atoms. The number of hydrogen-bond acceptors (Lipinski definition) is 4. The lowest BCUT2D eigenvalue weighted by molar-refractivity contribution is 0.104. The number of rotatable bonds is 3. The van der Waals surface area contributed by atoms with Crippen molar-refractivity contribution < 1.29 is 14.3 Å². The Labute approximate surface area is 126 Å². The van der Waals surface area contributed by atoms with E-state index in [0.29, 0.717) is 35.3 Å². The molecule has 3 rings (SSSR count). The number of ketones is 1. The van der Waals surface area contributed by atoms with E-state index in [-0.39, 0.29) is 5.78 Å². The number of carbonyl (C=O) groups is 1. The van der Waals surface area contributed by atoms with Gasteiger partial charge in [0, 0.05) is 11.6 Å². The Hall–Kier alpha value is -1.52. The number of halogens is 1. The molecule has 2 heterocycles. The first-order chi connectivity index (χ1) is 9.70. The molecule has 0 saturated carbocycles. The van der Waals surface area contributed by atoms with Crippen LogP contribution in [0.3, 0.4) is 0 Å². The van der Waals surface area contributed by atoms with Crippen LogP contribution in [0.5, 0.6) is 11.5 Å². The van der Waals surface area contributed by atoms with Crippen molar-refractivity contribution >= 4 is 28.7 Å². The number of fused-ring (bicyclic) bond motifs is 1. The number of aryl methyl sites for hydroxylation is 1. The van der Waals surface area contributed by atoms with Crippen molar-refractivity contribution in [2.24, 2.45) is 0 Å². The van der Waals surface area contributed by atoms with Gasteiger partial charge in [-0.05, 0) is 29.5 Å². The molecular weight excluding hydrogens is 296 g/mol. The van der Waals surface area contributed by atoms with Crippen LogP contribution in [-0.2, 0) is 6.42 Å². The van der Waals surface area contributed by atoms with Gasteiger partial charge in [-0.1, -0.05) is 18.5 Å². The average Bonchev–Trinajstić information content (AvgIpc) is 2.94. The minimum atomic E-state index is -0.0566. The topological polar surface area (TPSA) is 35.5 Å². The number of carbonyl (C=O) groups excluding carboxylic acids is 1. The molecule has 0 amide bonds. The lowest BCUT2D eigenvalue weighted by Gasteiger charge is -2.19. The van der Waals surface area contributed by atoms with Crippen LogP contribution in [0.1, 0.15) is 27.7 Å². The van der Waals surface area contributed by atoms with Gasteiger partial charge in [-0.3, -0.25) is 4.79 Å². The summed E-state index contributed by atoms with van der Waals surface area (Å²) in [6.07, 6.45) is 0.826. The largest absolute Gasteiger partial charge is 0.486 e. The van der Waals surface area contributed by atoms with E-state index in [4.69, 9.17) is 21.1 Å². The molecule has 104 valence electrons. The summed E-state index contributed by atoms with van der Waals surface area (Å²) < 4.78 is 11.0. The molecule has 1 aromatic carbocycles. The Morgan fingerprint density at radius 3 is 2.70 bits per heavy atom. The van der Waals surface area contributed by atoms with Gasteiger partial charge in [0.25, 0.3) is 0 Å². The SMILES string of the molecule is CCc1ccsc1C(=O)c1cc2c(cc1Cl)OCCO2. The molecule has 0 atom stereocenters. The molecule has 0 N–H and O–H groups in total. The van der Waals surface area contributed by atoms with Gasteiger partial charge in [-0.15, -0.1) is 11.3 Å². The Bertz CT molecular complexity index is 663. The maximum Gasteiger partial charge on any atom is 0.204 e. The summed E-state index contributed by atoms with van der Waals surface area (Å²) >= 11 is 7.66. The summed E-state index contributed by atoms with van der Waals surface area (Å²) in [5, 5.41) is 2.33. The van der Waals surface area contributed by atoms with Gasteiger partial charge in [-0.2, -0.15) is 0 Å². The van der Waals surface area contributed by atoms with Crippen molar-refractivity contribution in [3.8, 4) is 11.5 Å². The minimum absolute atomic E-state index is 0.0566. The fraction of sp³-hybridized carbons (Fsp3) is 0.267. The second-order valence-corrected chi connectivity index (χ2v) is 5.76. The molecule has 5 heteroatoms. The van der Waals surface area contributed by atoms with Gasteiger partial charge >= 0.3 is 0 Å². The Balaban J connectivity index is 2.03. The number of ether oxygens (including phenoxy) is 2. The molecule has 0 fully saturated rings. The summed E-state index contributed by atoms with van der Waals surface area (Å²) in [5.41, 5.74) is 1.51. The quantitative estimate of drug-likeness (QED) is 0.805. The van der Waals surface area contributed by atoms with Crippen LogP contribution in [0.2, 0.25) is 5.02 Å². The first-order valence-corrected chi connectivity index (χ1v) is 7.66. The lowest BCUT2D eigenvalue weighted by atomic mass is 10.0. The number of benzene rings is 1. The maximum atomic E-state index is 12.6. The molecule has 0 bridgehead atoms. The monoisotopic (exact) mass is 308 g/mol. The second kappa shape index (κ2) is 5.46. The van der Waals surface area contributed by atoms with Gasteiger partial charge in [0.15, 0.2) is 11.5 Å². The third-order valence-corrected chi connectivity index (χ3v) is 4.48. The van der Waals surface area contributed by atoms with E-state index in [9.17, 15) is 4.79 Å². The van der Waals surface area contributed by atoms with E-state index in [1.54, 1.807) is 12.1 Å². The molecule has 2 aromatic rings. The summed E-state index contributed by atoms with van der Waals surface area (Å²) in [7, 11) is 0. The highest BCUT2D eigenvalue weighted by atomic mass is 35.5. The highest BCUT2D eigenvalue weighted by Crippen LogP contribution is 2.37. The molecule has 0 spiro atoms. The Morgan fingerprint density at radius 1 is 1.30 bits per heavy atom. The van der Waals surface area contributed by atoms with Crippen LogP contribution in [0, 0.1) is 0 Å². The van der Waals surface area contributed by atoms with E-state index in [0.717, 1.165) is 16.9 Å². The van der Waals surface area contributed by atoms with Crippen molar-refractivity contribution in [2.75, 3.05) is 13.2 Å². The minimum Gasteiger partial charge on any atom is -0.486 e. The van der Waals surface area contributed by atoms with Crippen molar-refractivity contribution in [3.05, 3.63) is 44.6 Å². The van der Waals surface area contributed by atoms with E-state index in [1.165, 1.54) is 11.3 Å².